The average Bonchev–Trinajstić information content (AvgIpc) is 2.45. The van der Waals surface area contributed by atoms with Gasteiger partial charge >= 0.3 is 0 Å². The van der Waals surface area contributed by atoms with Gasteiger partial charge in [0.25, 0.3) is 0 Å². The van der Waals surface area contributed by atoms with Crippen LogP contribution in [0.2, 0.25) is 0 Å². The zero-order chi connectivity index (χ0) is 9.84. The largest absolute Gasteiger partial charge is 0.273 e. The molecule has 0 fully saturated rings. The number of hydrogen-bond donors (Lipinski definition) is 0. The summed E-state index contributed by atoms with van der Waals surface area (Å²) >= 11 is 0. The Morgan fingerprint density at radius 2 is 2.15 bits per heavy atom. The molecule has 13 heavy (non-hydrogen) atoms. The topological polar surface area (TPSA) is 17.8 Å². The summed E-state index contributed by atoms with van der Waals surface area (Å²) in [5, 5.41) is 4.28. The van der Waals surface area contributed by atoms with Gasteiger partial charge < -0.3 is 0 Å². The van der Waals surface area contributed by atoms with E-state index in [1.54, 1.807) is 0 Å². The van der Waals surface area contributed by atoms with Gasteiger partial charge in [0, 0.05) is 12.7 Å². The molecule has 2 heteroatoms. The molecule has 0 aromatic carbocycles. The van der Waals surface area contributed by atoms with Crippen LogP contribution in [0.25, 0.3) is 0 Å². The Labute approximate surface area is 81.0 Å². The predicted octanol–water partition coefficient (Wildman–Crippen LogP) is 3.02. The van der Waals surface area contributed by atoms with Crippen molar-refractivity contribution in [2.24, 2.45) is 7.05 Å². The highest BCUT2D eigenvalue weighted by Gasteiger charge is 2.13. The smallest absolute Gasteiger partial charge is 0.0527 e. The van der Waals surface area contributed by atoms with Crippen LogP contribution >= 0.6 is 0 Å². The molecule has 0 aliphatic rings. The SMILES string of the molecule is CCCC(CC)c1cnn(C)c1C. The van der Waals surface area contributed by atoms with E-state index in [1.165, 1.54) is 30.5 Å². The van der Waals surface area contributed by atoms with Crippen LogP contribution in [0.15, 0.2) is 6.20 Å². The molecule has 1 heterocycles. The zero-order valence-electron chi connectivity index (χ0n) is 9.17. The molecule has 0 saturated carbocycles. The van der Waals surface area contributed by atoms with Crippen LogP contribution < -0.4 is 0 Å². The van der Waals surface area contributed by atoms with Crippen molar-refractivity contribution in [3.63, 3.8) is 0 Å². The molecule has 0 N–H and O–H groups in total. The van der Waals surface area contributed by atoms with Crippen LogP contribution in [-0.2, 0) is 7.05 Å². The zero-order valence-corrected chi connectivity index (χ0v) is 9.17. The average molecular weight is 180 g/mol. The minimum absolute atomic E-state index is 0.707. The number of hydrogen-bond acceptors (Lipinski definition) is 1. The summed E-state index contributed by atoms with van der Waals surface area (Å²) in [5.41, 5.74) is 2.76. The maximum absolute atomic E-state index is 4.28. The van der Waals surface area contributed by atoms with Gasteiger partial charge in [-0.15, -0.1) is 0 Å². The minimum Gasteiger partial charge on any atom is -0.273 e. The van der Waals surface area contributed by atoms with Gasteiger partial charge in [-0.2, -0.15) is 5.10 Å². The van der Waals surface area contributed by atoms with E-state index in [4.69, 9.17) is 0 Å². The lowest BCUT2D eigenvalue weighted by Gasteiger charge is -2.12. The standard InChI is InChI=1S/C11H20N2/c1-5-7-10(6-2)11-8-12-13(4)9(11)3/h8,10H,5-7H2,1-4H3. The third-order valence-electron chi connectivity index (χ3n) is 2.84. The van der Waals surface area contributed by atoms with E-state index in [9.17, 15) is 0 Å². The number of nitrogens with zero attached hydrogens (tertiary/aromatic N) is 2. The van der Waals surface area contributed by atoms with Crippen LogP contribution in [0.1, 0.15) is 50.3 Å². The van der Waals surface area contributed by atoms with Crippen molar-refractivity contribution in [1.29, 1.82) is 0 Å². The van der Waals surface area contributed by atoms with Gasteiger partial charge in [0.1, 0.15) is 0 Å². The molecule has 2 nitrogen and oxygen atoms in total. The summed E-state index contributed by atoms with van der Waals surface area (Å²) in [6.07, 6.45) is 5.79. The highest BCUT2D eigenvalue weighted by atomic mass is 15.3. The normalized spacial score (nSPS) is 13.2. The maximum Gasteiger partial charge on any atom is 0.0527 e. The highest BCUT2D eigenvalue weighted by Crippen LogP contribution is 2.26. The van der Waals surface area contributed by atoms with E-state index in [1.807, 2.05) is 17.9 Å². The third kappa shape index (κ3) is 2.11. The van der Waals surface area contributed by atoms with Gasteiger partial charge in [-0.3, -0.25) is 4.68 Å². The maximum atomic E-state index is 4.28. The lowest BCUT2D eigenvalue weighted by atomic mass is 9.93. The fourth-order valence-electron chi connectivity index (χ4n) is 1.84. The van der Waals surface area contributed by atoms with Crippen LogP contribution in [0.5, 0.6) is 0 Å². The van der Waals surface area contributed by atoms with E-state index < -0.39 is 0 Å². The first-order valence-electron chi connectivity index (χ1n) is 5.19. The molecule has 1 unspecified atom stereocenters. The van der Waals surface area contributed by atoms with Crippen molar-refractivity contribution >= 4 is 0 Å². The fraction of sp³-hybridized carbons (Fsp3) is 0.727. The highest BCUT2D eigenvalue weighted by molar-refractivity contribution is 5.20. The third-order valence-corrected chi connectivity index (χ3v) is 2.84. The number of rotatable bonds is 4. The molecule has 0 saturated heterocycles. The van der Waals surface area contributed by atoms with Crippen molar-refractivity contribution in [1.82, 2.24) is 9.78 Å². The van der Waals surface area contributed by atoms with E-state index in [0.29, 0.717) is 5.92 Å². The molecule has 1 aromatic heterocycles. The molecule has 0 radical (unpaired) electrons. The summed E-state index contributed by atoms with van der Waals surface area (Å²) in [6.45, 7) is 6.65. The van der Waals surface area contributed by atoms with E-state index in [-0.39, 0.29) is 0 Å². The summed E-state index contributed by atoms with van der Waals surface area (Å²) < 4.78 is 1.97. The monoisotopic (exact) mass is 180 g/mol. The fourth-order valence-corrected chi connectivity index (χ4v) is 1.84. The Kier molecular flexibility index (Phi) is 3.52. The van der Waals surface area contributed by atoms with E-state index >= 15 is 0 Å². The van der Waals surface area contributed by atoms with Crippen LogP contribution in [0.3, 0.4) is 0 Å². The van der Waals surface area contributed by atoms with Gasteiger partial charge in [-0.05, 0) is 31.2 Å². The first kappa shape index (κ1) is 10.3. The molecule has 0 spiro atoms. The van der Waals surface area contributed by atoms with Crippen molar-refractivity contribution in [2.75, 3.05) is 0 Å². The van der Waals surface area contributed by atoms with Gasteiger partial charge in [0.2, 0.25) is 0 Å². The van der Waals surface area contributed by atoms with Crippen LogP contribution in [-0.4, -0.2) is 9.78 Å². The van der Waals surface area contributed by atoms with Crippen LogP contribution in [0.4, 0.5) is 0 Å². The van der Waals surface area contributed by atoms with E-state index in [0.717, 1.165) is 0 Å². The molecule has 1 rings (SSSR count). The molecule has 0 bridgehead atoms. The van der Waals surface area contributed by atoms with Gasteiger partial charge in [-0.25, -0.2) is 0 Å². The molecule has 1 aromatic rings. The first-order chi connectivity index (χ1) is 6.20. The molecule has 0 aliphatic heterocycles. The Morgan fingerprint density at radius 1 is 1.46 bits per heavy atom. The quantitative estimate of drug-likeness (QED) is 0.696. The summed E-state index contributed by atoms with van der Waals surface area (Å²) in [6, 6.07) is 0. The van der Waals surface area contributed by atoms with Gasteiger partial charge in [0.05, 0.1) is 6.20 Å². The Hall–Kier alpha value is -0.790. The van der Waals surface area contributed by atoms with Crippen molar-refractivity contribution in [3.8, 4) is 0 Å². The van der Waals surface area contributed by atoms with E-state index in [2.05, 4.69) is 25.9 Å². The lowest BCUT2D eigenvalue weighted by Crippen LogP contribution is -2.00. The van der Waals surface area contributed by atoms with Crippen molar-refractivity contribution in [3.05, 3.63) is 17.5 Å². The Bertz CT molecular complexity index is 263. The lowest BCUT2D eigenvalue weighted by molar-refractivity contribution is 0.591. The molecular formula is C11H20N2. The molecule has 0 aliphatic carbocycles. The second-order valence-electron chi connectivity index (χ2n) is 3.70. The summed E-state index contributed by atoms with van der Waals surface area (Å²) in [5.74, 6) is 0.707. The number of aryl methyl sites for hydroxylation is 1. The summed E-state index contributed by atoms with van der Waals surface area (Å²) in [4.78, 5) is 0. The van der Waals surface area contributed by atoms with Gasteiger partial charge in [-0.1, -0.05) is 20.3 Å². The second kappa shape index (κ2) is 4.45. The van der Waals surface area contributed by atoms with Gasteiger partial charge in [0.15, 0.2) is 0 Å². The summed E-state index contributed by atoms with van der Waals surface area (Å²) in [7, 11) is 2.01. The number of aromatic nitrogens is 2. The van der Waals surface area contributed by atoms with Crippen LogP contribution in [0, 0.1) is 6.92 Å². The second-order valence-corrected chi connectivity index (χ2v) is 3.70. The first-order valence-corrected chi connectivity index (χ1v) is 5.19. The minimum atomic E-state index is 0.707. The molecule has 0 amide bonds. The Morgan fingerprint density at radius 3 is 2.54 bits per heavy atom. The Balaban J connectivity index is 2.84. The van der Waals surface area contributed by atoms with Crippen molar-refractivity contribution < 1.29 is 0 Å². The van der Waals surface area contributed by atoms with Crippen molar-refractivity contribution in [2.45, 2.75) is 46.0 Å². The molecular weight excluding hydrogens is 160 g/mol. The molecule has 1 atom stereocenters. The predicted molar refractivity (Wildman–Crippen MR) is 55.9 cm³/mol. The molecule has 74 valence electrons.